The van der Waals surface area contributed by atoms with E-state index in [1.54, 1.807) is 0 Å². The largest absolute Gasteiger partial charge is 0.469 e. The monoisotopic (exact) mass is 359 g/mol. The first-order valence-corrected chi connectivity index (χ1v) is 9.15. The van der Waals surface area contributed by atoms with Gasteiger partial charge in [-0.2, -0.15) is 0 Å². The number of carbonyl (C=O) groups excluding carboxylic acids is 2. The van der Waals surface area contributed by atoms with E-state index in [1.165, 1.54) is 12.7 Å². The third-order valence-electron chi connectivity index (χ3n) is 5.06. The second-order valence-corrected chi connectivity index (χ2v) is 7.17. The molecule has 2 rings (SSSR count). The SMILES string of the molecule is COC(=O)C1CC(=Cc2ccc(CO[C@H](C)[C@@H](C)CCC(N)=O)cc2)C1. The van der Waals surface area contributed by atoms with E-state index in [9.17, 15) is 9.59 Å². The summed E-state index contributed by atoms with van der Waals surface area (Å²) in [6, 6.07) is 8.25. The van der Waals surface area contributed by atoms with Crippen molar-refractivity contribution in [2.45, 2.75) is 52.2 Å². The second kappa shape index (κ2) is 9.53. The van der Waals surface area contributed by atoms with Gasteiger partial charge in [0, 0.05) is 6.42 Å². The summed E-state index contributed by atoms with van der Waals surface area (Å²) in [7, 11) is 1.43. The fourth-order valence-electron chi connectivity index (χ4n) is 2.97. The minimum atomic E-state index is -0.266. The molecule has 1 amide bonds. The molecule has 0 aliphatic heterocycles. The number of carbonyl (C=O) groups is 2. The van der Waals surface area contributed by atoms with Crippen molar-refractivity contribution in [2.75, 3.05) is 7.11 Å². The summed E-state index contributed by atoms with van der Waals surface area (Å²) in [6.45, 7) is 4.64. The number of primary amides is 1. The summed E-state index contributed by atoms with van der Waals surface area (Å²) in [5, 5.41) is 0. The molecule has 0 bridgehead atoms. The van der Waals surface area contributed by atoms with E-state index in [4.69, 9.17) is 15.2 Å². The van der Waals surface area contributed by atoms with Gasteiger partial charge < -0.3 is 15.2 Å². The van der Waals surface area contributed by atoms with Gasteiger partial charge in [-0.25, -0.2) is 0 Å². The maximum absolute atomic E-state index is 11.4. The van der Waals surface area contributed by atoms with Crippen molar-refractivity contribution in [3.63, 3.8) is 0 Å². The van der Waals surface area contributed by atoms with Crippen LogP contribution >= 0.6 is 0 Å². The third-order valence-corrected chi connectivity index (χ3v) is 5.06. The van der Waals surface area contributed by atoms with Gasteiger partial charge in [0.05, 0.1) is 25.7 Å². The van der Waals surface area contributed by atoms with Crippen LogP contribution in [0.25, 0.3) is 6.08 Å². The normalized spacial score (nSPS) is 18.6. The Hall–Kier alpha value is -2.14. The Balaban J connectivity index is 1.77. The molecule has 0 heterocycles. The predicted molar refractivity (Wildman–Crippen MR) is 101 cm³/mol. The fourth-order valence-corrected chi connectivity index (χ4v) is 2.97. The highest BCUT2D eigenvalue weighted by molar-refractivity contribution is 5.76. The molecule has 1 aliphatic carbocycles. The van der Waals surface area contributed by atoms with Gasteiger partial charge in [0.15, 0.2) is 0 Å². The van der Waals surface area contributed by atoms with Crippen LogP contribution in [0, 0.1) is 11.8 Å². The minimum Gasteiger partial charge on any atom is -0.469 e. The molecule has 0 saturated heterocycles. The number of benzene rings is 1. The lowest BCUT2D eigenvalue weighted by molar-refractivity contribution is -0.146. The van der Waals surface area contributed by atoms with Gasteiger partial charge in [0.1, 0.15) is 0 Å². The summed E-state index contributed by atoms with van der Waals surface area (Å²) in [6.07, 6.45) is 4.93. The minimum absolute atomic E-state index is 0.0250. The second-order valence-electron chi connectivity index (χ2n) is 7.17. The van der Waals surface area contributed by atoms with Crippen molar-refractivity contribution in [1.82, 2.24) is 0 Å². The number of rotatable bonds is 9. The number of esters is 1. The van der Waals surface area contributed by atoms with Crippen LogP contribution in [0.15, 0.2) is 29.8 Å². The quantitative estimate of drug-likeness (QED) is 0.685. The number of nitrogens with two attached hydrogens (primary N) is 1. The first-order valence-electron chi connectivity index (χ1n) is 9.15. The van der Waals surface area contributed by atoms with E-state index >= 15 is 0 Å². The average molecular weight is 359 g/mol. The molecule has 2 atom stereocenters. The molecular weight excluding hydrogens is 330 g/mol. The van der Waals surface area contributed by atoms with E-state index in [1.807, 2.05) is 6.92 Å². The molecule has 1 aromatic rings. The lowest BCUT2D eigenvalue weighted by Gasteiger charge is -2.26. The van der Waals surface area contributed by atoms with Crippen molar-refractivity contribution in [2.24, 2.45) is 17.6 Å². The molecule has 26 heavy (non-hydrogen) atoms. The highest BCUT2D eigenvalue weighted by Crippen LogP contribution is 2.35. The van der Waals surface area contributed by atoms with Crippen molar-refractivity contribution < 1.29 is 19.1 Å². The van der Waals surface area contributed by atoms with Crippen LogP contribution in [-0.4, -0.2) is 25.1 Å². The van der Waals surface area contributed by atoms with E-state index in [0.29, 0.717) is 13.0 Å². The van der Waals surface area contributed by atoms with Crippen LogP contribution in [-0.2, 0) is 25.7 Å². The Kier molecular flexibility index (Phi) is 7.39. The highest BCUT2D eigenvalue weighted by Gasteiger charge is 2.30. The number of hydrogen-bond acceptors (Lipinski definition) is 4. The number of hydrogen-bond donors (Lipinski definition) is 1. The van der Waals surface area contributed by atoms with Crippen LogP contribution < -0.4 is 5.73 Å². The maximum Gasteiger partial charge on any atom is 0.309 e. The van der Waals surface area contributed by atoms with E-state index in [0.717, 1.165) is 30.4 Å². The predicted octanol–water partition coefficient (Wildman–Crippen LogP) is 3.46. The maximum atomic E-state index is 11.4. The smallest absolute Gasteiger partial charge is 0.309 e. The summed E-state index contributed by atoms with van der Waals surface area (Å²) >= 11 is 0. The summed E-state index contributed by atoms with van der Waals surface area (Å²) in [4.78, 5) is 22.3. The molecule has 5 nitrogen and oxygen atoms in total. The van der Waals surface area contributed by atoms with Crippen LogP contribution in [0.2, 0.25) is 0 Å². The molecule has 2 N–H and O–H groups in total. The zero-order valence-corrected chi connectivity index (χ0v) is 15.9. The summed E-state index contributed by atoms with van der Waals surface area (Å²) in [5.74, 6) is -0.0724. The van der Waals surface area contributed by atoms with Gasteiger partial charge in [-0.1, -0.05) is 42.8 Å². The van der Waals surface area contributed by atoms with E-state index < -0.39 is 0 Å². The molecule has 1 aliphatic rings. The topological polar surface area (TPSA) is 78.6 Å². The first-order chi connectivity index (χ1) is 12.4. The fraction of sp³-hybridized carbons (Fsp3) is 0.524. The van der Waals surface area contributed by atoms with E-state index in [2.05, 4.69) is 37.3 Å². The molecule has 0 radical (unpaired) electrons. The van der Waals surface area contributed by atoms with Crippen LogP contribution in [0.1, 0.15) is 50.7 Å². The molecule has 0 spiro atoms. The number of ether oxygens (including phenoxy) is 2. The zero-order valence-electron chi connectivity index (χ0n) is 15.9. The van der Waals surface area contributed by atoms with Crippen molar-refractivity contribution in [1.29, 1.82) is 0 Å². The van der Waals surface area contributed by atoms with Crippen molar-refractivity contribution >= 4 is 18.0 Å². The Morgan fingerprint density at radius 3 is 2.46 bits per heavy atom. The molecule has 0 unspecified atom stereocenters. The zero-order chi connectivity index (χ0) is 19.1. The molecule has 0 aromatic heterocycles. The lowest BCUT2D eigenvalue weighted by Crippen LogP contribution is -2.25. The Morgan fingerprint density at radius 1 is 1.23 bits per heavy atom. The molecule has 1 fully saturated rings. The number of amides is 1. The van der Waals surface area contributed by atoms with Gasteiger partial charge in [0.2, 0.25) is 5.91 Å². The molecule has 142 valence electrons. The number of methoxy groups -OCH3 is 1. The summed E-state index contributed by atoms with van der Waals surface area (Å²) < 4.78 is 10.7. The number of allylic oxidation sites excluding steroid dienone is 1. The van der Waals surface area contributed by atoms with Gasteiger partial charge in [0.25, 0.3) is 0 Å². The van der Waals surface area contributed by atoms with Crippen LogP contribution in [0.4, 0.5) is 0 Å². The third kappa shape index (κ3) is 5.99. The van der Waals surface area contributed by atoms with E-state index in [-0.39, 0.29) is 29.8 Å². The standard InChI is InChI=1S/C21H29NO4/c1-14(4-9-20(22)23)15(2)26-13-17-7-5-16(6-8-17)10-18-11-19(12-18)21(24)25-3/h5-8,10,14-15,19H,4,9,11-13H2,1-3H3,(H2,22,23)/t14-,15+,19?/m0/s1. The Labute approximate surface area is 155 Å². The van der Waals surface area contributed by atoms with Crippen molar-refractivity contribution in [3.8, 4) is 0 Å². The summed E-state index contributed by atoms with van der Waals surface area (Å²) in [5.41, 5.74) is 8.72. The lowest BCUT2D eigenvalue weighted by atomic mass is 9.79. The van der Waals surface area contributed by atoms with Crippen LogP contribution in [0.3, 0.4) is 0 Å². The molecule has 5 heteroatoms. The Morgan fingerprint density at radius 2 is 1.88 bits per heavy atom. The van der Waals surface area contributed by atoms with Gasteiger partial charge in [-0.15, -0.1) is 0 Å². The molecule has 1 saturated carbocycles. The Bertz CT molecular complexity index is 642. The average Bonchev–Trinajstić information content (AvgIpc) is 2.60. The van der Waals surface area contributed by atoms with Gasteiger partial charge in [-0.3, -0.25) is 9.59 Å². The van der Waals surface area contributed by atoms with Crippen molar-refractivity contribution in [3.05, 3.63) is 41.0 Å². The highest BCUT2D eigenvalue weighted by atomic mass is 16.5. The van der Waals surface area contributed by atoms with Gasteiger partial charge in [-0.05, 0) is 43.2 Å². The molecular formula is C21H29NO4. The molecule has 1 aromatic carbocycles. The first kappa shape index (κ1) is 20.2. The van der Waals surface area contributed by atoms with Gasteiger partial charge >= 0.3 is 5.97 Å². The van der Waals surface area contributed by atoms with Crippen LogP contribution in [0.5, 0.6) is 0 Å².